The van der Waals surface area contributed by atoms with Gasteiger partial charge in [-0.1, -0.05) is 24.3 Å². The fourth-order valence-corrected chi connectivity index (χ4v) is 6.04. The third-order valence-corrected chi connectivity index (χ3v) is 8.26. The van der Waals surface area contributed by atoms with Crippen LogP contribution in [0.5, 0.6) is 5.75 Å². The second-order valence-electron chi connectivity index (χ2n) is 8.28. The van der Waals surface area contributed by atoms with Crippen LogP contribution in [0.4, 0.5) is 9.18 Å². The van der Waals surface area contributed by atoms with E-state index in [1.807, 2.05) is 11.0 Å². The van der Waals surface area contributed by atoms with Crippen molar-refractivity contribution in [3.05, 3.63) is 59.9 Å². The Morgan fingerprint density at radius 3 is 2.55 bits per heavy atom. The zero-order valence-corrected chi connectivity index (χ0v) is 18.6. The zero-order valence-electron chi connectivity index (χ0n) is 17.7. The monoisotopic (exact) mass is 474 g/mol. The lowest BCUT2D eigenvalue weighted by molar-refractivity contribution is -0.134. The maximum Gasteiger partial charge on any atom is 0.326 e. The SMILES string of the molecule is O=C1N[C@]2(CCOc3ccccc32)C(=O)N1CN1CCN(S(=O)(=O)c2cccc(F)c2)CC1. The highest BCUT2D eigenvalue weighted by atomic mass is 32.2. The summed E-state index contributed by atoms with van der Waals surface area (Å²) in [5.74, 6) is -0.370. The number of amides is 3. The number of para-hydroxylation sites is 1. The van der Waals surface area contributed by atoms with E-state index in [2.05, 4.69) is 5.32 Å². The molecule has 3 aliphatic heterocycles. The molecule has 1 N–H and O–H groups in total. The molecule has 0 saturated carbocycles. The molecule has 11 heteroatoms. The molecule has 9 nitrogen and oxygen atoms in total. The number of nitrogens with one attached hydrogen (secondary N) is 1. The Hall–Kier alpha value is -3.02. The summed E-state index contributed by atoms with van der Waals surface area (Å²) in [6, 6.07) is 11.6. The maximum atomic E-state index is 13.5. The number of ether oxygens (including phenoxy) is 1. The molecule has 0 aromatic heterocycles. The van der Waals surface area contributed by atoms with Crippen molar-refractivity contribution in [3.63, 3.8) is 0 Å². The van der Waals surface area contributed by atoms with Crippen LogP contribution < -0.4 is 10.1 Å². The van der Waals surface area contributed by atoms with Crippen LogP contribution in [-0.4, -0.2) is 73.9 Å². The van der Waals surface area contributed by atoms with Crippen LogP contribution in [0.15, 0.2) is 53.4 Å². The molecule has 174 valence electrons. The van der Waals surface area contributed by atoms with E-state index in [0.29, 0.717) is 37.4 Å². The topological polar surface area (TPSA) is 99.3 Å². The van der Waals surface area contributed by atoms with Crippen LogP contribution >= 0.6 is 0 Å². The first-order valence-corrected chi connectivity index (χ1v) is 12.1. The normalized spacial score (nSPS) is 24.0. The van der Waals surface area contributed by atoms with Crippen LogP contribution in [0, 0.1) is 5.82 Å². The van der Waals surface area contributed by atoms with Gasteiger partial charge in [0.15, 0.2) is 5.54 Å². The van der Waals surface area contributed by atoms with Crippen LogP contribution in [0.1, 0.15) is 12.0 Å². The van der Waals surface area contributed by atoms with Gasteiger partial charge in [0.25, 0.3) is 5.91 Å². The van der Waals surface area contributed by atoms with E-state index in [0.717, 1.165) is 6.07 Å². The number of benzene rings is 2. The lowest BCUT2D eigenvalue weighted by atomic mass is 9.84. The number of piperazine rings is 1. The molecule has 3 heterocycles. The van der Waals surface area contributed by atoms with Crippen molar-refractivity contribution in [2.75, 3.05) is 39.5 Å². The van der Waals surface area contributed by atoms with Gasteiger partial charge in [-0.05, 0) is 24.3 Å². The van der Waals surface area contributed by atoms with Crippen LogP contribution in [0.2, 0.25) is 0 Å². The second kappa shape index (κ2) is 8.08. The highest BCUT2D eigenvalue weighted by Gasteiger charge is 2.55. The van der Waals surface area contributed by atoms with Gasteiger partial charge in [-0.3, -0.25) is 9.69 Å². The highest BCUT2D eigenvalue weighted by molar-refractivity contribution is 7.89. The van der Waals surface area contributed by atoms with Gasteiger partial charge in [0, 0.05) is 38.2 Å². The molecule has 0 aliphatic carbocycles. The van der Waals surface area contributed by atoms with E-state index in [-0.39, 0.29) is 30.6 Å². The fourth-order valence-electron chi connectivity index (χ4n) is 4.59. The smallest absolute Gasteiger partial charge is 0.326 e. The van der Waals surface area contributed by atoms with Crippen LogP contribution in [-0.2, 0) is 20.4 Å². The number of fused-ring (bicyclic) bond motifs is 2. The summed E-state index contributed by atoms with van der Waals surface area (Å²) in [6.07, 6.45) is 0.338. The quantitative estimate of drug-likeness (QED) is 0.671. The minimum atomic E-state index is -3.82. The molecule has 5 rings (SSSR count). The van der Waals surface area contributed by atoms with E-state index >= 15 is 0 Å². The number of nitrogens with zero attached hydrogens (tertiary/aromatic N) is 3. The third-order valence-electron chi connectivity index (χ3n) is 6.36. The lowest BCUT2D eigenvalue weighted by Gasteiger charge is -2.36. The van der Waals surface area contributed by atoms with Crippen molar-refractivity contribution < 1.29 is 27.1 Å². The number of rotatable bonds is 4. The van der Waals surface area contributed by atoms with Gasteiger partial charge in [0.2, 0.25) is 10.0 Å². The van der Waals surface area contributed by atoms with E-state index in [1.54, 1.807) is 18.2 Å². The first-order chi connectivity index (χ1) is 15.8. The summed E-state index contributed by atoms with van der Waals surface area (Å²) in [5.41, 5.74) is -0.503. The standard InChI is InChI=1S/C22H23FN4O5S/c23-16-4-3-5-17(14-16)33(30,31)26-11-9-25(10-12-26)15-27-20(28)22(24-21(27)29)8-13-32-19-7-2-1-6-18(19)22/h1-7,14H,8-13,15H2,(H,24,29)/t22-/m0/s1. The average molecular weight is 475 g/mol. The number of carbonyl (C=O) groups is 2. The number of halogens is 1. The fraction of sp³-hybridized carbons (Fsp3) is 0.364. The summed E-state index contributed by atoms with van der Waals surface area (Å²) in [4.78, 5) is 29.1. The van der Waals surface area contributed by atoms with Crippen LogP contribution in [0.3, 0.4) is 0 Å². The number of carbonyl (C=O) groups excluding carboxylic acids is 2. The Morgan fingerprint density at radius 2 is 1.79 bits per heavy atom. The summed E-state index contributed by atoms with van der Waals surface area (Å²) in [5, 5.41) is 2.86. The molecule has 3 amide bonds. The van der Waals surface area contributed by atoms with Crippen molar-refractivity contribution in [3.8, 4) is 5.75 Å². The van der Waals surface area contributed by atoms with Gasteiger partial charge in [-0.15, -0.1) is 0 Å². The van der Waals surface area contributed by atoms with Crippen molar-refractivity contribution in [1.82, 2.24) is 19.4 Å². The van der Waals surface area contributed by atoms with Crippen molar-refractivity contribution >= 4 is 22.0 Å². The van der Waals surface area contributed by atoms with E-state index in [9.17, 15) is 22.4 Å². The molecular weight excluding hydrogens is 451 g/mol. The Morgan fingerprint density at radius 1 is 1.03 bits per heavy atom. The Kier molecular flexibility index (Phi) is 5.34. The summed E-state index contributed by atoms with van der Waals surface area (Å²) >= 11 is 0. The maximum absolute atomic E-state index is 13.5. The van der Waals surface area contributed by atoms with Gasteiger partial charge in [-0.2, -0.15) is 4.31 Å². The second-order valence-corrected chi connectivity index (χ2v) is 10.2. The van der Waals surface area contributed by atoms with Gasteiger partial charge in [0.05, 0.1) is 18.2 Å². The first-order valence-electron chi connectivity index (χ1n) is 10.7. The van der Waals surface area contributed by atoms with Crippen molar-refractivity contribution in [2.45, 2.75) is 16.9 Å². The molecule has 1 spiro atoms. The zero-order chi connectivity index (χ0) is 23.2. The molecule has 0 unspecified atom stereocenters. The molecule has 2 aromatic rings. The lowest BCUT2D eigenvalue weighted by Crippen LogP contribution is -2.53. The molecule has 0 radical (unpaired) electrons. The van der Waals surface area contributed by atoms with Gasteiger partial charge >= 0.3 is 6.03 Å². The Balaban J connectivity index is 1.27. The number of imide groups is 1. The number of urea groups is 1. The molecule has 33 heavy (non-hydrogen) atoms. The minimum Gasteiger partial charge on any atom is -0.493 e. The summed E-state index contributed by atoms with van der Waals surface area (Å²) in [6.45, 7) is 1.38. The first kappa shape index (κ1) is 21.8. The van der Waals surface area contributed by atoms with E-state index in [4.69, 9.17) is 4.74 Å². The van der Waals surface area contributed by atoms with E-state index in [1.165, 1.54) is 27.4 Å². The number of hydrogen-bond acceptors (Lipinski definition) is 6. The molecule has 2 aromatic carbocycles. The van der Waals surface area contributed by atoms with Crippen LogP contribution in [0.25, 0.3) is 0 Å². The Labute approximate surface area is 190 Å². The highest BCUT2D eigenvalue weighted by Crippen LogP contribution is 2.41. The van der Waals surface area contributed by atoms with E-state index < -0.39 is 27.4 Å². The summed E-state index contributed by atoms with van der Waals surface area (Å²) in [7, 11) is -3.82. The number of hydrogen-bond donors (Lipinski definition) is 1. The molecular formula is C22H23FN4O5S. The minimum absolute atomic E-state index is 0.0588. The third kappa shape index (κ3) is 3.65. The van der Waals surface area contributed by atoms with Gasteiger partial charge in [0.1, 0.15) is 11.6 Å². The van der Waals surface area contributed by atoms with Gasteiger partial charge in [-0.25, -0.2) is 22.5 Å². The Bertz CT molecular complexity index is 1210. The molecule has 0 bridgehead atoms. The van der Waals surface area contributed by atoms with Crippen molar-refractivity contribution in [2.24, 2.45) is 0 Å². The molecule has 2 fully saturated rings. The molecule has 2 saturated heterocycles. The largest absolute Gasteiger partial charge is 0.493 e. The van der Waals surface area contributed by atoms with Gasteiger partial charge < -0.3 is 10.1 Å². The van der Waals surface area contributed by atoms with Crippen molar-refractivity contribution in [1.29, 1.82) is 0 Å². The molecule has 3 aliphatic rings. The number of sulfonamides is 1. The predicted molar refractivity (Wildman–Crippen MR) is 115 cm³/mol. The summed E-state index contributed by atoms with van der Waals surface area (Å²) < 4.78 is 46.1. The molecule has 1 atom stereocenters. The average Bonchev–Trinajstić information content (AvgIpc) is 3.04. The predicted octanol–water partition coefficient (Wildman–Crippen LogP) is 1.32.